The molecule has 0 fully saturated rings. The molecule has 5 nitrogen and oxygen atoms in total. The third kappa shape index (κ3) is 4.08. The standard InChI is InChI=1S/C20H23N5.C2H6/c1-24(17-12-6-10-15-11-7-13-21-19(15)17)14-18-22-23-20(25(18)2)16-8-4-3-5-9-16;1-2/h3-5,7-9,11,13,17H,6,10,12,14H2,1-2H3;1-2H3. The topological polar surface area (TPSA) is 46.8 Å². The Morgan fingerprint density at radius 3 is 2.63 bits per heavy atom. The highest BCUT2D eigenvalue weighted by Crippen LogP contribution is 2.32. The lowest BCUT2D eigenvalue weighted by molar-refractivity contribution is 0.202. The summed E-state index contributed by atoms with van der Waals surface area (Å²) in [6, 6.07) is 14.8. The van der Waals surface area contributed by atoms with E-state index in [2.05, 4.69) is 49.9 Å². The van der Waals surface area contributed by atoms with Crippen LogP contribution in [0.3, 0.4) is 0 Å². The molecule has 0 saturated heterocycles. The summed E-state index contributed by atoms with van der Waals surface area (Å²) in [7, 11) is 4.20. The number of benzene rings is 1. The minimum absolute atomic E-state index is 0.349. The van der Waals surface area contributed by atoms with Gasteiger partial charge in [0.1, 0.15) is 5.82 Å². The summed E-state index contributed by atoms with van der Waals surface area (Å²) in [5.74, 6) is 1.88. The first kappa shape index (κ1) is 19.2. The van der Waals surface area contributed by atoms with E-state index in [1.807, 2.05) is 51.4 Å². The lowest BCUT2D eigenvalue weighted by atomic mass is 9.91. The predicted octanol–water partition coefficient (Wildman–Crippen LogP) is 4.41. The Morgan fingerprint density at radius 2 is 1.85 bits per heavy atom. The molecule has 1 aliphatic carbocycles. The molecule has 0 amide bonds. The average Bonchev–Trinajstić information content (AvgIpc) is 3.10. The molecule has 3 aromatic rings. The molecule has 1 aliphatic rings. The van der Waals surface area contributed by atoms with Crippen molar-refractivity contribution < 1.29 is 0 Å². The van der Waals surface area contributed by atoms with Crippen LogP contribution in [-0.4, -0.2) is 31.7 Å². The Labute approximate surface area is 162 Å². The third-order valence-corrected chi connectivity index (χ3v) is 5.09. The molecule has 0 aliphatic heterocycles. The molecule has 1 unspecified atom stereocenters. The Hall–Kier alpha value is -2.53. The molecular weight excluding hydrogens is 334 g/mol. The van der Waals surface area contributed by atoms with Crippen LogP contribution in [0.2, 0.25) is 0 Å². The van der Waals surface area contributed by atoms with Crippen molar-refractivity contribution in [1.82, 2.24) is 24.6 Å². The van der Waals surface area contributed by atoms with Gasteiger partial charge in [0.15, 0.2) is 5.82 Å². The van der Waals surface area contributed by atoms with E-state index in [-0.39, 0.29) is 0 Å². The number of aryl methyl sites for hydroxylation is 1. The van der Waals surface area contributed by atoms with Crippen LogP contribution in [0.4, 0.5) is 0 Å². The van der Waals surface area contributed by atoms with Gasteiger partial charge in [0, 0.05) is 18.8 Å². The van der Waals surface area contributed by atoms with Gasteiger partial charge in [-0.25, -0.2) is 0 Å². The fourth-order valence-electron chi connectivity index (χ4n) is 3.69. The van der Waals surface area contributed by atoms with Gasteiger partial charge in [-0.05, 0) is 37.9 Å². The smallest absolute Gasteiger partial charge is 0.163 e. The van der Waals surface area contributed by atoms with Crippen molar-refractivity contribution in [3.8, 4) is 11.4 Å². The molecule has 0 bridgehead atoms. The Bertz CT molecular complexity index is 856. The fourth-order valence-corrected chi connectivity index (χ4v) is 3.69. The van der Waals surface area contributed by atoms with Gasteiger partial charge in [0.05, 0.1) is 18.3 Å². The highest BCUT2D eigenvalue weighted by molar-refractivity contribution is 5.54. The molecule has 1 atom stereocenters. The van der Waals surface area contributed by atoms with Crippen LogP contribution in [0.5, 0.6) is 0 Å². The van der Waals surface area contributed by atoms with E-state index in [1.165, 1.54) is 17.7 Å². The van der Waals surface area contributed by atoms with Crippen molar-refractivity contribution in [2.24, 2.45) is 7.05 Å². The number of fused-ring (bicyclic) bond motifs is 1. The summed E-state index contributed by atoms with van der Waals surface area (Å²) in [4.78, 5) is 7.01. The zero-order chi connectivity index (χ0) is 19.2. The number of hydrogen-bond acceptors (Lipinski definition) is 4. The van der Waals surface area contributed by atoms with E-state index in [4.69, 9.17) is 0 Å². The molecule has 0 spiro atoms. The van der Waals surface area contributed by atoms with Gasteiger partial charge < -0.3 is 4.57 Å². The van der Waals surface area contributed by atoms with Crippen molar-refractivity contribution >= 4 is 0 Å². The minimum Gasteiger partial charge on any atom is -0.313 e. The van der Waals surface area contributed by atoms with Crippen LogP contribution < -0.4 is 0 Å². The van der Waals surface area contributed by atoms with E-state index in [0.717, 1.165) is 36.6 Å². The van der Waals surface area contributed by atoms with Crippen LogP contribution in [0.15, 0.2) is 48.7 Å². The van der Waals surface area contributed by atoms with Crippen molar-refractivity contribution in [3.63, 3.8) is 0 Å². The Morgan fingerprint density at radius 1 is 1.07 bits per heavy atom. The SMILES string of the molecule is CC.CN(Cc1nnc(-c2ccccc2)n1C)C1CCCc2cccnc21. The van der Waals surface area contributed by atoms with Gasteiger partial charge in [0.25, 0.3) is 0 Å². The normalized spacial score (nSPS) is 15.8. The summed E-state index contributed by atoms with van der Waals surface area (Å²) < 4.78 is 2.09. The van der Waals surface area contributed by atoms with Gasteiger partial charge in [-0.3, -0.25) is 9.88 Å². The molecule has 27 heavy (non-hydrogen) atoms. The Balaban J connectivity index is 0.00000102. The van der Waals surface area contributed by atoms with Crippen molar-refractivity contribution in [2.75, 3.05) is 7.05 Å². The van der Waals surface area contributed by atoms with E-state index in [9.17, 15) is 0 Å². The first-order chi connectivity index (χ1) is 13.2. The second-order valence-corrected chi connectivity index (χ2v) is 6.74. The molecule has 4 rings (SSSR count). The monoisotopic (exact) mass is 363 g/mol. The molecule has 1 aromatic carbocycles. The van der Waals surface area contributed by atoms with Gasteiger partial charge in [0.2, 0.25) is 0 Å². The molecule has 0 radical (unpaired) electrons. The van der Waals surface area contributed by atoms with Crippen molar-refractivity contribution in [2.45, 2.75) is 45.7 Å². The van der Waals surface area contributed by atoms with Crippen molar-refractivity contribution in [1.29, 1.82) is 0 Å². The fraction of sp³-hybridized carbons (Fsp3) is 0.409. The largest absolute Gasteiger partial charge is 0.313 e. The average molecular weight is 364 g/mol. The molecule has 5 heteroatoms. The predicted molar refractivity (Wildman–Crippen MR) is 109 cm³/mol. The third-order valence-electron chi connectivity index (χ3n) is 5.09. The van der Waals surface area contributed by atoms with Crippen LogP contribution in [0, 0.1) is 0 Å². The molecule has 142 valence electrons. The second-order valence-electron chi connectivity index (χ2n) is 6.74. The summed E-state index contributed by atoms with van der Waals surface area (Å²) in [6.07, 6.45) is 5.39. The van der Waals surface area contributed by atoms with E-state index in [1.54, 1.807) is 0 Å². The number of nitrogens with zero attached hydrogens (tertiary/aromatic N) is 5. The number of rotatable bonds is 4. The van der Waals surface area contributed by atoms with E-state index < -0.39 is 0 Å². The highest BCUT2D eigenvalue weighted by Gasteiger charge is 2.26. The summed E-state index contributed by atoms with van der Waals surface area (Å²) >= 11 is 0. The first-order valence-corrected chi connectivity index (χ1v) is 9.82. The number of aromatic nitrogens is 4. The number of pyridine rings is 1. The van der Waals surface area contributed by atoms with E-state index in [0.29, 0.717) is 6.04 Å². The summed E-state index contributed by atoms with van der Waals surface area (Å²) in [6.45, 7) is 4.76. The maximum Gasteiger partial charge on any atom is 0.163 e. The van der Waals surface area contributed by atoms with Gasteiger partial charge in [-0.2, -0.15) is 0 Å². The van der Waals surface area contributed by atoms with Gasteiger partial charge in [-0.1, -0.05) is 50.2 Å². The van der Waals surface area contributed by atoms with Crippen LogP contribution in [0.1, 0.15) is 49.8 Å². The molecular formula is C22H29N5. The first-order valence-electron chi connectivity index (χ1n) is 9.82. The molecule has 2 aromatic heterocycles. The number of hydrogen-bond donors (Lipinski definition) is 0. The van der Waals surface area contributed by atoms with Crippen LogP contribution in [-0.2, 0) is 20.0 Å². The maximum atomic E-state index is 4.65. The van der Waals surface area contributed by atoms with Crippen molar-refractivity contribution in [3.05, 3.63) is 65.7 Å². The van der Waals surface area contributed by atoms with Gasteiger partial charge >= 0.3 is 0 Å². The zero-order valence-corrected chi connectivity index (χ0v) is 16.8. The second kappa shape index (κ2) is 8.91. The van der Waals surface area contributed by atoms with E-state index >= 15 is 0 Å². The highest BCUT2D eigenvalue weighted by atomic mass is 15.3. The quantitative estimate of drug-likeness (QED) is 0.689. The summed E-state index contributed by atoms with van der Waals surface area (Å²) in [5, 5.41) is 8.83. The lowest BCUT2D eigenvalue weighted by Crippen LogP contribution is -2.29. The lowest BCUT2D eigenvalue weighted by Gasteiger charge is -2.31. The minimum atomic E-state index is 0.349. The maximum absolute atomic E-state index is 4.65. The molecule has 2 heterocycles. The molecule has 0 N–H and O–H groups in total. The zero-order valence-electron chi connectivity index (χ0n) is 16.8. The summed E-state index contributed by atoms with van der Waals surface area (Å²) in [5.41, 5.74) is 3.70. The van der Waals surface area contributed by atoms with Crippen LogP contribution in [0.25, 0.3) is 11.4 Å². The Kier molecular flexibility index (Phi) is 6.35. The molecule has 0 saturated carbocycles. The van der Waals surface area contributed by atoms with Crippen LogP contribution >= 0.6 is 0 Å². The van der Waals surface area contributed by atoms with Gasteiger partial charge in [-0.15, -0.1) is 10.2 Å².